The summed E-state index contributed by atoms with van der Waals surface area (Å²) in [6, 6.07) is 14.4. The number of hydrogen-bond acceptors (Lipinski definition) is 12. The molecule has 2 aliphatic carbocycles. The Morgan fingerprint density at radius 2 is 1.73 bits per heavy atom. The lowest BCUT2D eigenvalue weighted by molar-refractivity contribution is -0.118. The lowest BCUT2D eigenvalue weighted by atomic mass is 10.0. The van der Waals surface area contributed by atoms with Gasteiger partial charge < -0.3 is 26.8 Å². The smallest absolute Gasteiger partial charge is 0.229 e. The molecule has 1 aromatic carbocycles. The van der Waals surface area contributed by atoms with Gasteiger partial charge in [0, 0.05) is 90.1 Å². The topological polar surface area (TPSA) is 223 Å². The van der Waals surface area contributed by atoms with E-state index in [-0.39, 0.29) is 53.6 Å². The zero-order valence-electron chi connectivity index (χ0n) is 31.9. The number of nitrogens with two attached hydrogens (primary N) is 1. The van der Waals surface area contributed by atoms with Gasteiger partial charge in [-0.1, -0.05) is 17.7 Å². The van der Waals surface area contributed by atoms with Gasteiger partial charge in [0.15, 0.2) is 0 Å². The fraction of sp³-hybridized carbons (Fsp3) is 0.233. The van der Waals surface area contributed by atoms with Crippen LogP contribution in [0.3, 0.4) is 0 Å². The third-order valence-corrected chi connectivity index (χ3v) is 11.5. The van der Waals surface area contributed by atoms with Crippen LogP contribution >= 0.6 is 11.6 Å². The summed E-state index contributed by atoms with van der Waals surface area (Å²) in [6.45, 7) is 2.18. The number of nitrogen functional groups attached to an aromatic ring is 1. The van der Waals surface area contributed by atoms with Crippen molar-refractivity contribution in [1.82, 2.24) is 34.7 Å². The third-order valence-electron chi connectivity index (χ3n) is 11.1. The zero-order valence-corrected chi connectivity index (χ0v) is 32.7. The van der Waals surface area contributed by atoms with E-state index in [0.717, 1.165) is 28.7 Å². The molecule has 2 amide bonds. The number of aromatic hydroxyl groups is 1. The van der Waals surface area contributed by atoms with E-state index < -0.39 is 0 Å². The number of fused-ring (bicyclic) bond motifs is 2. The second-order valence-corrected chi connectivity index (χ2v) is 15.5. The number of carbonyl (C=O) groups excluding carboxylic acids is 2. The van der Waals surface area contributed by atoms with Crippen molar-refractivity contribution < 1.29 is 14.7 Å². The van der Waals surface area contributed by atoms with Gasteiger partial charge in [-0.05, 0) is 90.1 Å². The van der Waals surface area contributed by atoms with Crippen LogP contribution in [0.1, 0.15) is 41.9 Å². The molecule has 7 aromatic rings. The van der Waals surface area contributed by atoms with Gasteiger partial charge in [0.05, 0.1) is 28.7 Å². The first kappa shape index (κ1) is 37.4. The maximum absolute atomic E-state index is 13.2. The summed E-state index contributed by atoms with van der Waals surface area (Å²) in [7, 11) is 1.85. The number of carbonyl (C=O) groups is 2. The average molecular weight is 805 g/mol. The van der Waals surface area contributed by atoms with Gasteiger partial charge in [0.1, 0.15) is 29.0 Å². The minimum absolute atomic E-state index is 0.0350. The first-order chi connectivity index (χ1) is 28.5. The number of aryl methyl sites for hydroxylation is 2. The van der Waals surface area contributed by atoms with Gasteiger partial charge >= 0.3 is 0 Å². The van der Waals surface area contributed by atoms with Gasteiger partial charge in [-0.2, -0.15) is 10.4 Å². The van der Waals surface area contributed by atoms with Crippen LogP contribution in [0.25, 0.3) is 44.1 Å². The largest absolute Gasteiger partial charge is 0.508 e. The quantitative estimate of drug-likeness (QED) is 0.0881. The lowest BCUT2D eigenvalue weighted by Crippen LogP contribution is -2.15. The molecule has 6 aromatic heterocycles. The van der Waals surface area contributed by atoms with Crippen molar-refractivity contribution in [2.75, 3.05) is 21.7 Å². The van der Waals surface area contributed by atoms with E-state index in [1.807, 2.05) is 32.3 Å². The number of rotatable bonds is 11. The molecule has 0 spiro atoms. The van der Waals surface area contributed by atoms with Crippen molar-refractivity contribution in [1.29, 1.82) is 5.26 Å². The van der Waals surface area contributed by atoms with Crippen LogP contribution in [-0.2, 0) is 23.2 Å². The molecule has 2 fully saturated rings. The first-order valence-electron chi connectivity index (χ1n) is 19.0. The standard InChI is InChI=1S/C43H37ClN12O3/c1-21-6-8-47-17-32(21)39-38(44)30-14-37(54-42(58)29-9-22(29)5-7-45)49-19-34(30)41(55-39)50-15-23-3-4-26(57)12-28(23)35-10-24-11-36(48-18-33(24)40(46)52-35)53-43(59)31-13-27(31)25-16-51-56(2)20-25/h3-4,6,8,10-12,14,16-20,22,27,29,31,57H,5,9,13,15H2,1-2H3,(H2,46,52)(H,50,55)(H,48,53,59)(H,49,54,58)/t22-,27?,29-,31?/m1/s1. The Bertz CT molecular complexity index is 2890. The fourth-order valence-corrected chi connectivity index (χ4v) is 7.92. The molecule has 0 radical (unpaired) electrons. The molecule has 294 valence electrons. The Balaban J connectivity index is 1.02. The number of hydrogen-bond donors (Lipinski definition) is 5. The van der Waals surface area contributed by atoms with E-state index in [2.05, 4.69) is 42.1 Å². The van der Waals surface area contributed by atoms with Crippen LogP contribution in [0.15, 0.2) is 79.6 Å². The number of pyridine rings is 5. The Hall–Kier alpha value is -7.18. The fourth-order valence-electron chi connectivity index (χ4n) is 7.62. The average Bonchev–Trinajstić information content (AvgIpc) is 4.15. The van der Waals surface area contributed by atoms with Crippen LogP contribution in [0.5, 0.6) is 5.75 Å². The monoisotopic (exact) mass is 804 g/mol. The summed E-state index contributed by atoms with van der Waals surface area (Å²) < 4.78 is 1.73. The van der Waals surface area contributed by atoms with Gasteiger partial charge in [0.25, 0.3) is 0 Å². The summed E-state index contributed by atoms with van der Waals surface area (Å²) in [5.41, 5.74) is 11.6. The van der Waals surface area contributed by atoms with E-state index in [1.165, 1.54) is 0 Å². The second kappa shape index (κ2) is 15.0. The van der Waals surface area contributed by atoms with Gasteiger partial charge in [-0.25, -0.2) is 19.9 Å². The number of nitrogens with zero attached hydrogens (tertiary/aromatic N) is 8. The molecule has 0 saturated heterocycles. The molecule has 6 heterocycles. The molecule has 2 saturated carbocycles. The molecule has 2 aliphatic rings. The number of phenolic OH excluding ortho intramolecular Hbond substituents is 1. The van der Waals surface area contributed by atoms with Crippen molar-refractivity contribution in [3.63, 3.8) is 0 Å². The van der Waals surface area contributed by atoms with E-state index in [9.17, 15) is 14.7 Å². The van der Waals surface area contributed by atoms with Crippen LogP contribution in [-0.4, -0.2) is 51.6 Å². The highest BCUT2D eigenvalue weighted by Gasteiger charge is 2.45. The van der Waals surface area contributed by atoms with Gasteiger partial charge in [-0.3, -0.25) is 19.3 Å². The van der Waals surface area contributed by atoms with E-state index >= 15 is 0 Å². The molecule has 16 heteroatoms. The van der Waals surface area contributed by atoms with Crippen molar-refractivity contribution in [2.45, 2.75) is 38.6 Å². The molecule has 0 aliphatic heterocycles. The highest BCUT2D eigenvalue weighted by atomic mass is 35.5. The number of nitriles is 1. The predicted octanol–water partition coefficient (Wildman–Crippen LogP) is 7.13. The molecule has 2 unspecified atom stereocenters. The summed E-state index contributed by atoms with van der Waals surface area (Å²) in [4.78, 5) is 49.1. The zero-order chi connectivity index (χ0) is 40.9. The molecular formula is C43H37ClN12O3. The SMILES string of the molecule is Cc1ccncc1-c1nc(NCc2ccc(O)cc2-c2cc3cc(NC(=O)C4CC4c4cnn(C)c4)ncc3c(N)n2)c2cnc(NC(=O)[C@@H]3C[C@H]3CC#N)cc2c1Cl. The lowest BCUT2D eigenvalue weighted by Gasteiger charge is -2.17. The predicted molar refractivity (Wildman–Crippen MR) is 224 cm³/mol. The molecule has 15 nitrogen and oxygen atoms in total. The molecule has 6 N–H and O–H groups in total. The van der Waals surface area contributed by atoms with Crippen molar-refractivity contribution in [3.05, 3.63) is 101 Å². The van der Waals surface area contributed by atoms with E-state index in [1.54, 1.807) is 66.0 Å². The summed E-state index contributed by atoms with van der Waals surface area (Å²) in [5.74, 6) is 0.961. The van der Waals surface area contributed by atoms with Gasteiger partial charge in [-0.15, -0.1) is 0 Å². The summed E-state index contributed by atoms with van der Waals surface area (Å²) in [6.07, 6.45) is 12.1. The third kappa shape index (κ3) is 7.41. The Labute approximate surface area is 342 Å². The molecule has 4 atom stereocenters. The number of phenols is 1. The molecular weight excluding hydrogens is 768 g/mol. The van der Waals surface area contributed by atoms with Crippen LogP contribution in [0, 0.1) is 36.0 Å². The summed E-state index contributed by atoms with van der Waals surface area (Å²) >= 11 is 7.09. The van der Waals surface area contributed by atoms with Crippen molar-refractivity contribution >= 4 is 68.2 Å². The summed E-state index contributed by atoms with van der Waals surface area (Å²) in [5, 5.41) is 36.2. The second-order valence-electron chi connectivity index (χ2n) is 15.1. The van der Waals surface area contributed by atoms with Crippen molar-refractivity contribution in [2.24, 2.45) is 24.8 Å². The number of amides is 2. The minimum Gasteiger partial charge on any atom is -0.508 e. The molecule has 9 rings (SSSR count). The minimum atomic E-state index is -0.226. The maximum Gasteiger partial charge on any atom is 0.229 e. The highest BCUT2D eigenvalue weighted by molar-refractivity contribution is 6.38. The van der Waals surface area contributed by atoms with Crippen molar-refractivity contribution in [3.8, 4) is 34.3 Å². The first-order valence-corrected chi connectivity index (χ1v) is 19.4. The Kier molecular flexibility index (Phi) is 9.48. The van der Waals surface area contributed by atoms with Crippen LogP contribution < -0.4 is 21.7 Å². The van der Waals surface area contributed by atoms with Gasteiger partial charge in [0.2, 0.25) is 11.8 Å². The number of nitrogens with one attached hydrogen (secondary N) is 3. The number of anilines is 4. The maximum atomic E-state index is 13.2. The van der Waals surface area contributed by atoms with E-state index in [0.29, 0.717) is 73.8 Å². The van der Waals surface area contributed by atoms with E-state index in [4.69, 9.17) is 32.6 Å². The molecule has 0 bridgehead atoms. The Morgan fingerprint density at radius 1 is 0.949 bits per heavy atom. The number of aromatic nitrogens is 7. The normalized spacial score (nSPS) is 18.0. The number of halogens is 1. The molecule has 59 heavy (non-hydrogen) atoms. The number of benzene rings is 1. The highest BCUT2D eigenvalue weighted by Crippen LogP contribution is 2.48. The van der Waals surface area contributed by atoms with Crippen LogP contribution in [0.4, 0.5) is 23.3 Å². The Morgan fingerprint density at radius 3 is 2.49 bits per heavy atom. The van der Waals surface area contributed by atoms with Crippen LogP contribution in [0.2, 0.25) is 5.02 Å².